The number of carbonyl (C=O) groups is 1. The summed E-state index contributed by atoms with van der Waals surface area (Å²) >= 11 is 0. The lowest BCUT2D eigenvalue weighted by Crippen LogP contribution is -2.44. The Kier molecular flexibility index (Phi) is 5.87. The number of aromatic nitrogens is 2. The van der Waals surface area contributed by atoms with Crippen LogP contribution < -0.4 is 0 Å². The van der Waals surface area contributed by atoms with Gasteiger partial charge in [-0.2, -0.15) is 5.10 Å². The highest BCUT2D eigenvalue weighted by Crippen LogP contribution is 2.17. The smallest absolute Gasteiger partial charge is 0.237 e. The maximum absolute atomic E-state index is 12.8. The van der Waals surface area contributed by atoms with Crippen LogP contribution >= 0.6 is 0 Å². The highest BCUT2D eigenvalue weighted by Gasteiger charge is 2.24. The lowest BCUT2D eigenvalue weighted by atomic mass is 10.1. The van der Waals surface area contributed by atoms with Crippen LogP contribution in [0.25, 0.3) is 0 Å². The number of hydrogen-bond donors (Lipinski definition) is 0. The predicted molar refractivity (Wildman–Crippen MR) is 106 cm³/mol. The van der Waals surface area contributed by atoms with Crippen molar-refractivity contribution in [3.8, 4) is 0 Å². The van der Waals surface area contributed by atoms with E-state index in [0.29, 0.717) is 13.1 Å². The molecule has 144 valence electrons. The third-order valence-corrected chi connectivity index (χ3v) is 5.74. The molecular formula is C22H30N4O. The molecule has 0 N–H and O–H groups in total. The molecular weight excluding hydrogens is 336 g/mol. The molecule has 1 fully saturated rings. The van der Waals surface area contributed by atoms with E-state index in [4.69, 9.17) is 5.10 Å². The van der Waals surface area contributed by atoms with Gasteiger partial charge in [-0.05, 0) is 37.6 Å². The molecule has 1 amide bonds. The van der Waals surface area contributed by atoms with Crippen LogP contribution in [0.3, 0.4) is 0 Å². The Balaban J connectivity index is 1.35. The van der Waals surface area contributed by atoms with Crippen LogP contribution in [0.2, 0.25) is 0 Å². The number of amides is 1. The van der Waals surface area contributed by atoms with Gasteiger partial charge in [-0.1, -0.05) is 49.6 Å². The number of nitrogens with zero attached hydrogens (tertiary/aromatic N) is 4. The fourth-order valence-electron chi connectivity index (χ4n) is 4.19. The van der Waals surface area contributed by atoms with Gasteiger partial charge in [0.15, 0.2) is 0 Å². The zero-order valence-corrected chi connectivity index (χ0v) is 16.1. The summed E-state index contributed by atoms with van der Waals surface area (Å²) in [6.07, 6.45) is 7.26. The third-order valence-electron chi connectivity index (χ3n) is 5.74. The number of carbonyl (C=O) groups excluding carboxylic acids is 1. The van der Waals surface area contributed by atoms with Crippen molar-refractivity contribution in [2.75, 3.05) is 26.2 Å². The van der Waals surface area contributed by atoms with Gasteiger partial charge in [-0.3, -0.25) is 14.4 Å². The van der Waals surface area contributed by atoms with Crippen molar-refractivity contribution in [2.45, 2.75) is 51.6 Å². The average Bonchev–Trinajstić information content (AvgIpc) is 3.06. The number of rotatable bonds is 4. The Morgan fingerprint density at radius 3 is 2.44 bits per heavy atom. The Bertz CT molecular complexity index is 747. The lowest BCUT2D eigenvalue weighted by Gasteiger charge is -2.31. The fraction of sp³-hybridized carbons (Fsp3) is 0.545. The van der Waals surface area contributed by atoms with E-state index < -0.39 is 0 Å². The molecule has 0 spiro atoms. The van der Waals surface area contributed by atoms with Crippen LogP contribution in [-0.2, 0) is 24.3 Å². The Morgan fingerprint density at radius 1 is 0.926 bits per heavy atom. The highest BCUT2D eigenvalue weighted by molar-refractivity contribution is 5.78. The number of likely N-dealkylation sites (tertiary alicyclic amines) is 1. The molecule has 2 aliphatic heterocycles. The fourth-order valence-corrected chi connectivity index (χ4v) is 4.19. The quantitative estimate of drug-likeness (QED) is 0.835. The van der Waals surface area contributed by atoms with Crippen molar-refractivity contribution in [1.29, 1.82) is 0 Å². The van der Waals surface area contributed by atoms with Crippen LogP contribution in [0, 0.1) is 0 Å². The van der Waals surface area contributed by atoms with E-state index in [-0.39, 0.29) is 5.91 Å². The van der Waals surface area contributed by atoms with Crippen molar-refractivity contribution >= 4 is 5.91 Å². The van der Waals surface area contributed by atoms with Crippen LogP contribution in [0.5, 0.6) is 0 Å². The van der Waals surface area contributed by atoms with Gasteiger partial charge in [0.05, 0.1) is 31.0 Å². The zero-order chi connectivity index (χ0) is 18.5. The maximum Gasteiger partial charge on any atom is 0.237 e. The summed E-state index contributed by atoms with van der Waals surface area (Å²) in [5.74, 6) is 0.271. The molecule has 0 aliphatic carbocycles. The molecule has 0 radical (unpaired) electrons. The first kappa shape index (κ1) is 18.2. The summed E-state index contributed by atoms with van der Waals surface area (Å²) in [5, 5.41) is 4.75. The summed E-state index contributed by atoms with van der Waals surface area (Å²) in [4.78, 5) is 17.2. The van der Waals surface area contributed by atoms with Gasteiger partial charge in [0, 0.05) is 13.0 Å². The molecule has 0 bridgehead atoms. The molecule has 2 aliphatic rings. The Labute approximate surface area is 162 Å². The zero-order valence-electron chi connectivity index (χ0n) is 16.1. The van der Waals surface area contributed by atoms with Crippen molar-refractivity contribution in [3.05, 3.63) is 53.3 Å². The second kappa shape index (κ2) is 8.70. The Hall–Kier alpha value is -2.14. The van der Waals surface area contributed by atoms with Crippen LogP contribution in [0.15, 0.2) is 36.4 Å². The highest BCUT2D eigenvalue weighted by atomic mass is 16.2. The van der Waals surface area contributed by atoms with Gasteiger partial charge in [0.2, 0.25) is 5.91 Å². The van der Waals surface area contributed by atoms with Crippen molar-refractivity contribution < 1.29 is 4.79 Å². The van der Waals surface area contributed by atoms with Gasteiger partial charge >= 0.3 is 0 Å². The molecule has 5 nitrogen and oxygen atoms in total. The van der Waals surface area contributed by atoms with E-state index in [1.54, 1.807) is 0 Å². The first-order valence-electron chi connectivity index (χ1n) is 10.4. The largest absolute Gasteiger partial charge is 0.334 e. The minimum atomic E-state index is 0.271. The molecule has 1 aromatic carbocycles. The summed E-state index contributed by atoms with van der Waals surface area (Å²) in [5.41, 5.74) is 3.53. The molecule has 1 saturated heterocycles. The van der Waals surface area contributed by atoms with E-state index in [1.165, 1.54) is 37.7 Å². The first-order chi connectivity index (χ1) is 13.3. The van der Waals surface area contributed by atoms with Crippen LogP contribution in [-0.4, -0.2) is 51.7 Å². The van der Waals surface area contributed by atoms with Gasteiger partial charge in [-0.25, -0.2) is 0 Å². The second-order valence-corrected chi connectivity index (χ2v) is 7.87. The molecule has 1 aromatic heterocycles. The van der Waals surface area contributed by atoms with E-state index in [0.717, 1.165) is 44.0 Å². The minimum Gasteiger partial charge on any atom is -0.334 e. The summed E-state index contributed by atoms with van der Waals surface area (Å²) < 4.78 is 2.08. The van der Waals surface area contributed by atoms with E-state index in [2.05, 4.69) is 39.9 Å². The second-order valence-electron chi connectivity index (χ2n) is 7.87. The van der Waals surface area contributed by atoms with E-state index >= 15 is 0 Å². The molecule has 3 heterocycles. The number of fused-ring (bicyclic) bond motifs is 1. The summed E-state index contributed by atoms with van der Waals surface area (Å²) in [7, 11) is 0. The Morgan fingerprint density at radius 2 is 1.67 bits per heavy atom. The normalized spacial score (nSPS) is 18.6. The van der Waals surface area contributed by atoms with Gasteiger partial charge in [0.25, 0.3) is 0 Å². The third kappa shape index (κ3) is 4.78. The van der Waals surface area contributed by atoms with Crippen molar-refractivity contribution in [1.82, 2.24) is 19.6 Å². The van der Waals surface area contributed by atoms with E-state index in [9.17, 15) is 4.79 Å². The molecule has 0 saturated carbocycles. The molecule has 27 heavy (non-hydrogen) atoms. The number of hydrogen-bond acceptors (Lipinski definition) is 3. The predicted octanol–water partition coefficient (Wildman–Crippen LogP) is 3.08. The lowest BCUT2D eigenvalue weighted by molar-refractivity contribution is -0.134. The first-order valence-corrected chi connectivity index (χ1v) is 10.4. The van der Waals surface area contributed by atoms with Gasteiger partial charge in [-0.15, -0.1) is 0 Å². The number of benzene rings is 1. The van der Waals surface area contributed by atoms with Crippen molar-refractivity contribution in [2.24, 2.45) is 0 Å². The van der Waals surface area contributed by atoms with Crippen LogP contribution in [0.4, 0.5) is 0 Å². The summed E-state index contributed by atoms with van der Waals surface area (Å²) in [6.45, 7) is 4.97. The molecule has 0 unspecified atom stereocenters. The minimum absolute atomic E-state index is 0.271. The monoisotopic (exact) mass is 366 g/mol. The molecule has 0 atom stereocenters. The standard InChI is InChI=1S/C22H30N4O/c27-22(18-24-11-7-2-1-3-8-12-24)25-13-14-26-21(17-25)16-20(23-26)15-19-9-5-4-6-10-19/h4-6,9-10,16H,1-3,7-8,11-15,17-18H2. The van der Waals surface area contributed by atoms with Crippen LogP contribution in [0.1, 0.15) is 49.1 Å². The summed E-state index contributed by atoms with van der Waals surface area (Å²) in [6, 6.07) is 12.6. The maximum atomic E-state index is 12.8. The SMILES string of the molecule is O=C(CN1CCCCCCC1)N1CCn2nc(Cc3ccccc3)cc2C1. The molecule has 4 rings (SSSR count). The van der Waals surface area contributed by atoms with E-state index in [1.807, 2.05) is 11.0 Å². The molecule has 2 aromatic rings. The van der Waals surface area contributed by atoms with Gasteiger partial charge < -0.3 is 4.90 Å². The topological polar surface area (TPSA) is 41.4 Å². The van der Waals surface area contributed by atoms with Crippen molar-refractivity contribution in [3.63, 3.8) is 0 Å². The average molecular weight is 367 g/mol. The van der Waals surface area contributed by atoms with Gasteiger partial charge in [0.1, 0.15) is 0 Å². The molecule has 5 heteroatoms.